The molecule has 0 saturated heterocycles. The number of esters is 1. The lowest BCUT2D eigenvalue weighted by Gasteiger charge is -2.07. The Labute approximate surface area is 170 Å². The van der Waals surface area contributed by atoms with Crippen molar-refractivity contribution >= 4 is 40.9 Å². The molecule has 3 rings (SSSR count). The molecule has 0 aliphatic carbocycles. The molecule has 0 radical (unpaired) electrons. The van der Waals surface area contributed by atoms with Crippen LogP contribution in [0.15, 0.2) is 53.7 Å². The molecule has 10 heteroatoms. The standard InChI is InChI=1S/C18H16ClN5O3S/c1-2-27-17(26)12-3-7-14(8-4-12)20-16(25)11-28-18-21-22-23-24(18)15-9-5-13(19)6-10-15/h3-10H,2,11H2,1H3,(H,20,25). The van der Waals surface area contributed by atoms with E-state index in [0.717, 1.165) is 5.69 Å². The number of hydrogen-bond donors (Lipinski definition) is 1. The minimum Gasteiger partial charge on any atom is -0.462 e. The number of rotatable bonds is 7. The monoisotopic (exact) mass is 417 g/mol. The molecule has 1 heterocycles. The number of amides is 1. The summed E-state index contributed by atoms with van der Waals surface area (Å²) in [5.41, 5.74) is 1.75. The van der Waals surface area contributed by atoms with Crippen LogP contribution >= 0.6 is 23.4 Å². The highest BCUT2D eigenvalue weighted by Gasteiger charge is 2.12. The first kappa shape index (κ1) is 19.8. The SMILES string of the molecule is CCOC(=O)c1ccc(NC(=O)CSc2nnnn2-c2ccc(Cl)cc2)cc1. The van der Waals surface area contributed by atoms with Gasteiger partial charge in [0.25, 0.3) is 0 Å². The zero-order valence-corrected chi connectivity index (χ0v) is 16.4. The maximum absolute atomic E-state index is 12.2. The van der Waals surface area contributed by atoms with Crippen molar-refractivity contribution in [1.82, 2.24) is 20.2 Å². The Kier molecular flexibility index (Phi) is 6.62. The van der Waals surface area contributed by atoms with E-state index in [9.17, 15) is 9.59 Å². The first-order chi connectivity index (χ1) is 13.6. The maximum atomic E-state index is 12.2. The van der Waals surface area contributed by atoms with Gasteiger partial charge in [-0.15, -0.1) is 5.10 Å². The van der Waals surface area contributed by atoms with Gasteiger partial charge in [0.2, 0.25) is 11.1 Å². The van der Waals surface area contributed by atoms with Crippen LogP contribution in [-0.2, 0) is 9.53 Å². The molecule has 2 aromatic carbocycles. The fourth-order valence-corrected chi connectivity index (χ4v) is 3.06. The molecular formula is C18H16ClN5O3S. The molecule has 0 unspecified atom stereocenters. The van der Waals surface area contributed by atoms with Crippen LogP contribution in [0.5, 0.6) is 0 Å². The molecular weight excluding hydrogens is 402 g/mol. The number of anilines is 1. The molecule has 0 aliphatic rings. The fourth-order valence-electron chi connectivity index (χ4n) is 2.24. The minimum atomic E-state index is -0.398. The van der Waals surface area contributed by atoms with Crippen LogP contribution in [-0.4, -0.2) is 44.4 Å². The van der Waals surface area contributed by atoms with Crippen LogP contribution in [0.3, 0.4) is 0 Å². The third-order valence-electron chi connectivity index (χ3n) is 3.52. The molecule has 3 aromatic rings. The molecule has 0 fully saturated rings. The number of aromatic nitrogens is 4. The summed E-state index contributed by atoms with van der Waals surface area (Å²) >= 11 is 7.09. The lowest BCUT2D eigenvalue weighted by molar-refractivity contribution is -0.113. The van der Waals surface area contributed by atoms with E-state index in [1.807, 2.05) is 0 Å². The van der Waals surface area contributed by atoms with Gasteiger partial charge in [0.15, 0.2) is 0 Å². The average Bonchev–Trinajstić information content (AvgIpc) is 3.16. The van der Waals surface area contributed by atoms with Gasteiger partial charge < -0.3 is 10.1 Å². The van der Waals surface area contributed by atoms with Gasteiger partial charge in [-0.05, 0) is 65.9 Å². The summed E-state index contributed by atoms with van der Waals surface area (Å²) in [5, 5.41) is 15.4. The van der Waals surface area contributed by atoms with Crippen molar-refractivity contribution in [3.8, 4) is 5.69 Å². The molecule has 1 N–H and O–H groups in total. The number of nitrogens with zero attached hydrogens (tertiary/aromatic N) is 4. The Bertz CT molecular complexity index is 960. The summed E-state index contributed by atoms with van der Waals surface area (Å²) in [5.74, 6) is -0.502. The third kappa shape index (κ3) is 5.08. The molecule has 8 nitrogen and oxygen atoms in total. The van der Waals surface area contributed by atoms with Crippen LogP contribution in [0.1, 0.15) is 17.3 Å². The van der Waals surface area contributed by atoms with Crippen LogP contribution in [0.2, 0.25) is 5.02 Å². The molecule has 144 valence electrons. The number of thioether (sulfide) groups is 1. The van der Waals surface area contributed by atoms with E-state index in [0.29, 0.717) is 28.0 Å². The number of nitrogens with one attached hydrogen (secondary N) is 1. The largest absolute Gasteiger partial charge is 0.462 e. The molecule has 0 spiro atoms. The smallest absolute Gasteiger partial charge is 0.338 e. The van der Waals surface area contributed by atoms with Crippen molar-refractivity contribution in [1.29, 1.82) is 0 Å². The second kappa shape index (κ2) is 9.34. The zero-order chi connectivity index (χ0) is 19.9. The number of carbonyl (C=O) groups excluding carboxylic acids is 2. The Hall–Kier alpha value is -2.91. The lowest BCUT2D eigenvalue weighted by Crippen LogP contribution is -2.15. The second-order valence-electron chi connectivity index (χ2n) is 5.48. The highest BCUT2D eigenvalue weighted by Crippen LogP contribution is 2.20. The molecule has 0 atom stereocenters. The van der Waals surface area contributed by atoms with Gasteiger partial charge in [0.05, 0.1) is 23.6 Å². The number of ether oxygens (including phenoxy) is 1. The van der Waals surface area contributed by atoms with Crippen LogP contribution in [0, 0.1) is 0 Å². The molecule has 0 bridgehead atoms. The van der Waals surface area contributed by atoms with Gasteiger partial charge >= 0.3 is 5.97 Å². The van der Waals surface area contributed by atoms with E-state index in [1.165, 1.54) is 16.4 Å². The number of hydrogen-bond acceptors (Lipinski definition) is 7. The first-order valence-corrected chi connectivity index (χ1v) is 9.67. The van der Waals surface area contributed by atoms with Crippen molar-refractivity contribution in [2.45, 2.75) is 12.1 Å². The van der Waals surface area contributed by atoms with Gasteiger partial charge in [-0.2, -0.15) is 4.68 Å². The summed E-state index contributed by atoms with van der Waals surface area (Å²) in [6, 6.07) is 13.5. The van der Waals surface area contributed by atoms with Crippen LogP contribution in [0.4, 0.5) is 5.69 Å². The summed E-state index contributed by atoms with van der Waals surface area (Å²) in [7, 11) is 0. The average molecular weight is 418 g/mol. The molecule has 1 aromatic heterocycles. The van der Waals surface area contributed by atoms with Crippen molar-refractivity contribution in [3.05, 3.63) is 59.1 Å². The summed E-state index contributed by atoms with van der Waals surface area (Å²) in [4.78, 5) is 23.8. The predicted octanol–water partition coefficient (Wildman–Crippen LogP) is 3.22. The van der Waals surface area contributed by atoms with Crippen molar-refractivity contribution < 1.29 is 14.3 Å². The fraction of sp³-hybridized carbons (Fsp3) is 0.167. The van der Waals surface area contributed by atoms with Crippen molar-refractivity contribution in [2.75, 3.05) is 17.7 Å². The van der Waals surface area contributed by atoms with Crippen molar-refractivity contribution in [3.63, 3.8) is 0 Å². The molecule has 0 saturated carbocycles. The molecule has 0 aliphatic heterocycles. The Balaban J connectivity index is 1.57. The first-order valence-electron chi connectivity index (χ1n) is 8.31. The highest BCUT2D eigenvalue weighted by molar-refractivity contribution is 7.99. The molecule has 28 heavy (non-hydrogen) atoms. The van der Waals surface area contributed by atoms with Gasteiger partial charge in [-0.1, -0.05) is 23.4 Å². The van der Waals surface area contributed by atoms with Gasteiger partial charge in [0, 0.05) is 10.7 Å². The van der Waals surface area contributed by atoms with Crippen molar-refractivity contribution in [2.24, 2.45) is 0 Å². The summed E-state index contributed by atoms with van der Waals surface area (Å²) in [6.07, 6.45) is 0. The van der Waals surface area contributed by atoms with Gasteiger partial charge in [-0.3, -0.25) is 4.79 Å². The highest BCUT2D eigenvalue weighted by atomic mass is 35.5. The lowest BCUT2D eigenvalue weighted by atomic mass is 10.2. The minimum absolute atomic E-state index is 0.119. The van der Waals surface area contributed by atoms with E-state index in [1.54, 1.807) is 55.5 Å². The Morgan fingerprint density at radius 1 is 1.14 bits per heavy atom. The quantitative estimate of drug-likeness (QED) is 0.465. The zero-order valence-electron chi connectivity index (χ0n) is 14.8. The van der Waals surface area contributed by atoms with Gasteiger partial charge in [-0.25, -0.2) is 4.79 Å². The summed E-state index contributed by atoms with van der Waals surface area (Å²) in [6.45, 7) is 2.05. The predicted molar refractivity (Wildman–Crippen MR) is 106 cm³/mol. The Morgan fingerprint density at radius 2 is 1.86 bits per heavy atom. The molecule has 1 amide bonds. The van der Waals surface area contributed by atoms with E-state index in [2.05, 4.69) is 20.8 Å². The number of carbonyl (C=O) groups is 2. The topological polar surface area (TPSA) is 99.0 Å². The second-order valence-corrected chi connectivity index (χ2v) is 6.86. The number of tetrazole rings is 1. The van der Waals surface area contributed by atoms with E-state index in [-0.39, 0.29) is 11.7 Å². The van der Waals surface area contributed by atoms with E-state index in [4.69, 9.17) is 16.3 Å². The normalized spacial score (nSPS) is 10.5. The third-order valence-corrected chi connectivity index (χ3v) is 4.70. The van der Waals surface area contributed by atoms with E-state index < -0.39 is 5.97 Å². The number of benzene rings is 2. The van der Waals surface area contributed by atoms with Crippen LogP contribution < -0.4 is 5.32 Å². The van der Waals surface area contributed by atoms with Gasteiger partial charge in [0.1, 0.15) is 0 Å². The maximum Gasteiger partial charge on any atom is 0.338 e. The van der Waals surface area contributed by atoms with Crippen LogP contribution in [0.25, 0.3) is 5.69 Å². The summed E-state index contributed by atoms with van der Waals surface area (Å²) < 4.78 is 6.46. The Morgan fingerprint density at radius 3 is 2.54 bits per heavy atom. The number of halogens is 1. The van der Waals surface area contributed by atoms with E-state index >= 15 is 0 Å².